The summed E-state index contributed by atoms with van der Waals surface area (Å²) < 4.78 is 10.4. The van der Waals surface area contributed by atoms with E-state index in [1.54, 1.807) is 6.92 Å². The van der Waals surface area contributed by atoms with Crippen LogP contribution in [0.25, 0.3) is 0 Å². The summed E-state index contributed by atoms with van der Waals surface area (Å²) in [6.45, 7) is 10.2. The average molecular weight is 230 g/mol. The van der Waals surface area contributed by atoms with Crippen LogP contribution in [-0.2, 0) is 18.8 Å². The highest BCUT2D eigenvalue weighted by Gasteiger charge is 2.21. The highest BCUT2D eigenvalue weighted by Crippen LogP contribution is 2.15. The second-order valence-corrected chi connectivity index (χ2v) is 8.68. The van der Waals surface area contributed by atoms with E-state index in [4.69, 9.17) is 9.16 Å². The van der Waals surface area contributed by atoms with Crippen LogP contribution in [0, 0.1) is 0 Å². The number of allylic oxidation sites excluding steroid dienone is 2. The van der Waals surface area contributed by atoms with Gasteiger partial charge >= 0.3 is 5.97 Å². The lowest BCUT2D eigenvalue weighted by Gasteiger charge is -2.20. The molecule has 0 heterocycles. The minimum absolute atomic E-state index is 0.00456. The molecule has 0 aromatic rings. The van der Waals surface area contributed by atoms with Crippen LogP contribution < -0.4 is 0 Å². The van der Waals surface area contributed by atoms with Crippen molar-refractivity contribution in [3.8, 4) is 0 Å². The molecule has 5 heteroatoms. The van der Waals surface area contributed by atoms with Gasteiger partial charge in [-0.25, -0.2) is 0 Å². The summed E-state index contributed by atoms with van der Waals surface area (Å²) in [7, 11) is -1.78. The van der Waals surface area contributed by atoms with Crippen LogP contribution in [0.1, 0.15) is 20.8 Å². The summed E-state index contributed by atoms with van der Waals surface area (Å²) in [5.74, 6) is -0.429. The maximum Gasteiger partial charge on any atom is 0.308 e. The largest absolute Gasteiger partial charge is 0.545 e. The molecule has 0 unspecified atom stereocenters. The van der Waals surface area contributed by atoms with Crippen molar-refractivity contribution < 1.29 is 18.8 Å². The Labute approximate surface area is 91.4 Å². The first kappa shape index (κ1) is 13.9. The van der Waals surface area contributed by atoms with Crippen molar-refractivity contribution in [2.75, 3.05) is 0 Å². The standard InChI is InChI=1S/C10H18O4Si/c1-7(11)10(13-9(3)12)8(2)14-15(4,5)6/h1-6H3/b10-8-. The van der Waals surface area contributed by atoms with Gasteiger partial charge in [0.05, 0.1) is 0 Å². The zero-order valence-corrected chi connectivity index (χ0v) is 11.1. The van der Waals surface area contributed by atoms with Gasteiger partial charge in [0.25, 0.3) is 0 Å². The van der Waals surface area contributed by atoms with Gasteiger partial charge in [0.2, 0.25) is 14.1 Å². The lowest BCUT2D eigenvalue weighted by Crippen LogP contribution is -2.26. The highest BCUT2D eigenvalue weighted by atomic mass is 28.4. The fourth-order valence-corrected chi connectivity index (χ4v) is 2.05. The van der Waals surface area contributed by atoms with Crippen molar-refractivity contribution in [3.63, 3.8) is 0 Å². The molecule has 0 aliphatic rings. The molecule has 86 valence electrons. The number of carbonyl (C=O) groups is 2. The molecule has 0 rings (SSSR count). The molecule has 0 fully saturated rings. The molecule has 0 amide bonds. The van der Waals surface area contributed by atoms with Gasteiger partial charge in [-0.1, -0.05) is 0 Å². The first-order valence-electron chi connectivity index (χ1n) is 4.72. The van der Waals surface area contributed by atoms with Crippen LogP contribution in [0.15, 0.2) is 11.5 Å². The lowest BCUT2D eigenvalue weighted by molar-refractivity contribution is -0.140. The second kappa shape index (κ2) is 5.11. The SMILES string of the molecule is CC(=O)O/C(C(C)=O)=C(/C)O[Si](C)(C)C. The second-order valence-electron chi connectivity index (χ2n) is 4.25. The lowest BCUT2D eigenvalue weighted by atomic mass is 10.3. The molecule has 0 aromatic heterocycles. The average Bonchev–Trinajstić information content (AvgIpc) is 1.95. The number of Topliss-reactive ketones (excluding diaryl/α,β-unsaturated/α-hetero) is 1. The number of ketones is 1. The number of esters is 1. The molecule has 0 aliphatic heterocycles. The van der Waals surface area contributed by atoms with Gasteiger partial charge < -0.3 is 9.16 Å². The highest BCUT2D eigenvalue weighted by molar-refractivity contribution is 6.70. The summed E-state index contributed by atoms with van der Waals surface area (Å²) >= 11 is 0. The molecule has 0 N–H and O–H groups in total. The summed E-state index contributed by atoms with van der Waals surface area (Å²) in [6, 6.07) is 0. The Kier molecular flexibility index (Phi) is 4.74. The van der Waals surface area contributed by atoms with E-state index in [0.717, 1.165) is 0 Å². The number of hydrogen-bond donors (Lipinski definition) is 0. The van der Waals surface area contributed by atoms with Gasteiger partial charge in [-0.3, -0.25) is 9.59 Å². The zero-order chi connectivity index (χ0) is 12.2. The van der Waals surface area contributed by atoms with E-state index in [0.29, 0.717) is 5.76 Å². The van der Waals surface area contributed by atoms with E-state index < -0.39 is 14.3 Å². The van der Waals surface area contributed by atoms with Crippen LogP contribution in [0.4, 0.5) is 0 Å². The molecule has 0 bridgehead atoms. The normalized spacial score (nSPS) is 12.9. The molecule has 0 radical (unpaired) electrons. The van der Waals surface area contributed by atoms with Crippen molar-refractivity contribution in [2.45, 2.75) is 40.4 Å². The Morgan fingerprint density at radius 1 is 1.00 bits per heavy atom. The van der Waals surface area contributed by atoms with Crippen molar-refractivity contribution in [1.29, 1.82) is 0 Å². The third-order valence-corrected chi connectivity index (χ3v) is 2.26. The first-order chi connectivity index (χ1) is 6.63. The molecule has 0 spiro atoms. The molecule has 0 aliphatic carbocycles. The van der Waals surface area contributed by atoms with Gasteiger partial charge in [0.1, 0.15) is 5.76 Å². The van der Waals surface area contributed by atoms with Gasteiger partial charge in [-0.05, 0) is 26.6 Å². The van der Waals surface area contributed by atoms with E-state index in [-0.39, 0.29) is 11.5 Å². The Bertz CT molecular complexity index is 299. The van der Waals surface area contributed by atoms with Crippen LogP contribution in [0.2, 0.25) is 19.6 Å². The van der Waals surface area contributed by atoms with E-state index in [1.807, 2.05) is 19.6 Å². The van der Waals surface area contributed by atoms with Gasteiger partial charge in [-0.15, -0.1) is 0 Å². The summed E-state index contributed by atoms with van der Waals surface area (Å²) in [4.78, 5) is 22.0. The van der Waals surface area contributed by atoms with E-state index in [1.165, 1.54) is 13.8 Å². The fraction of sp³-hybridized carbons (Fsp3) is 0.600. The molecule has 0 atom stereocenters. The summed E-state index contributed by atoms with van der Waals surface area (Å²) in [5, 5.41) is 0. The van der Waals surface area contributed by atoms with Crippen LogP contribution in [-0.4, -0.2) is 20.1 Å². The Balaban J connectivity index is 4.93. The predicted molar refractivity (Wildman–Crippen MR) is 59.6 cm³/mol. The number of ether oxygens (including phenoxy) is 1. The molecular weight excluding hydrogens is 212 g/mol. The number of carbonyl (C=O) groups excluding carboxylic acids is 2. The van der Waals surface area contributed by atoms with E-state index >= 15 is 0 Å². The van der Waals surface area contributed by atoms with Crippen LogP contribution in [0.3, 0.4) is 0 Å². The third-order valence-electron chi connectivity index (χ3n) is 1.34. The summed E-state index contributed by atoms with van der Waals surface area (Å²) in [5.41, 5.74) is 0. The molecule has 4 nitrogen and oxygen atoms in total. The predicted octanol–water partition coefficient (Wildman–Crippen LogP) is 2.22. The van der Waals surface area contributed by atoms with Crippen molar-refractivity contribution in [2.24, 2.45) is 0 Å². The monoisotopic (exact) mass is 230 g/mol. The Morgan fingerprint density at radius 2 is 1.47 bits per heavy atom. The maximum absolute atomic E-state index is 11.2. The van der Waals surface area contributed by atoms with E-state index in [2.05, 4.69) is 0 Å². The molecule has 0 aromatic carbocycles. The van der Waals surface area contributed by atoms with Gasteiger partial charge in [0, 0.05) is 13.8 Å². The van der Waals surface area contributed by atoms with Crippen LogP contribution in [0.5, 0.6) is 0 Å². The first-order valence-corrected chi connectivity index (χ1v) is 8.13. The van der Waals surface area contributed by atoms with Gasteiger partial charge in [-0.2, -0.15) is 0 Å². The fourth-order valence-electron chi connectivity index (χ4n) is 1.04. The maximum atomic E-state index is 11.2. The minimum Gasteiger partial charge on any atom is -0.545 e. The molecular formula is C10H18O4Si. The molecule has 0 saturated heterocycles. The van der Waals surface area contributed by atoms with E-state index in [9.17, 15) is 9.59 Å². The minimum atomic E-state index is -1.78. The van der Waals surface area contributed by atoms with Crippen molar-refractivity contribution >= 4 is 20.1 Å². The smallest absolute Gasteiger partial charge is 0.308 e. The topological polar surface area (TPSA) is 52.6 Å². The number of hydrogen-bond acceptors (Lipinski definition) is 4. The van der Waals surface area contributed by atoms with Crippen molar-refractivity contribution in [1.82, 2.24) is 0 Å². The van der Waals surface area contributed by atoms with Crippen LogP contribution >= 0.6 is 0 Å². The Hall–Kier alpha value is -1.10. The zero-order valence-electron chi connectivity index (χ0n) is 10.1. The Morgan fingerprint density at radius 3 is 1.73 bits per heavy atom. The number of rotatable bonds is 4. The molecule has 15 heavy (non-hydrogen) atoms. The van der Waals surface area contributed by atoms with Crippen molar-refractivity contribution in [3.05, 3.63) is 11.5 Å². The quantitative estimate of drug-likeness (QED) is 0.321. The summed E-state index contributed by atoms with van der Waals surface area (Å²) in [6.07, 6.45) is 0. The molecule has 0 saturated carbocycles. The van der Waals surface area contributed by atoms with Gasteiger partial charge in [0.15, 0.2) is 5.78 Å². The third kappa shape index (κ3) is 6.06.